The van der Waals surface area contributed by atoms with E-state index in [9.17, 15) is 4.79 Å². The van der Waals surface area contributed by atoms with Crippen molar-refractivity contribution in [3.63, 3.8) is 0 Å². The Morgan fingerprint density at radius 2 is 1.62 bits per heavy atom. The number of hydrogen-bond acceptors (Lipinski definition) is 3. The second-order valence-corrected chi connectivity index (χ2v) is 6.60. The van der Waals surface area contributed by atoms with E-state index in [1.165, 1.54) is 45.3 Å². The van der Waals surface area contributed by atoms with Crippen molar-refractivity contribution in [3.8, 4) is 0 Å². The van der Waals surface area contributed by atoms with Crippen LogP contribution < -0.4 is 16.0 Å². The lowest BCUT2D eigenvalue weighted by molar-refractivity contribution is -0.122. The SMILES string of the molecule is CN=C(NCCCN1CCCCCC1)NCCNC(=O)C1CC1.I. The van der Waals surface area contributed by atoms with Crippen LogP contribution in [-0.4, -0.2) is 63.1 Å². The van der Waals surface area contributed by atoms with Crippen molar-refractivity contribution in [2.45, 2.75) is 44.9 Å². The predicted octanol–water partition coefficient (Wildman–Crippen LogP) is 1.56. The smallest absolute Gasteiger partial charge is 0.223 e. The standard InChI is InChI=1S/C17H33N5O.HI/c1-18-17(21-11-10-19-16(23)15-7-8-15)20-9-6-14-22-12-4-2-3-5-13-22;/h15H,2-14H2,1H3,(H,19,23)(H2,18,20,21);1H. The molecular formula is C17H34IN5O. The third kappa shape index (κ3) is 9.05. The van der Waals surface area contributed by atoms with E-state index in [0.717, 1.165) is 31.8 Å². The third-order valence-electron chi connectivity index (χ3n) is 4.53. The zero-order chi connectivity index (χ0) is 16.3. The van der Waals surface area contributed by atoms with Gasteiger partial charge in [-0.15, -0.1) is 24.0 Å². The third-order valence-corrected chi connectivity index (χ3v) is 4.53. The number of carbonyl (C=O) groups excluding carboxylic acids is 1. The fourth-order valence-corrected chi connectivity index (χ4v) is 2.95. The van der Waals surface area contributed by atoms with Crippen molar-refractivity contribution < 1.29 is 4.79 Å². The molecule has 1 aliphatic carbocycles. The second-order valence-electron chi connectivity index (χ2n) is 6.60. The predicted molar refractivity (Wildman–Crippen MR) is 110 cm³/mol. The zero-order valence-corrected chi connectivity index (χ0v) is 17.3. The molecule has 2 fully saturated rings. The van der Waals surface area contributed by atoms with Gasteiger partial charge in [0.1, 0.15) is 0 Å². The van der Waals surface area contributed by atoms with Gasteiger partial charge in [-0.2, -0.15) is 0 Å². The maximum atomic E-state index is 11.5. The summed E-state index contributed by atoms with van der Waals surface area (Å²) in [6.45, 7) is 5.99. The molecule has 0 aromatic rings. The van der Waals surface area contributed by atoms with Gasteiger partial charge in [0.15, 0.2) is 5.96 Å². The lowest BCUT2D eigenvalue weighted by Crippen LogP contribution is -2.42. The van der Waals surface area contributed by atoms with Crippen LogP contribution >= 0.6 is 24.0 Å². The molecule has 1 aliphatic heterocycles. The lowest BCUT2D eigenvalue weighted by atomic mass is 10.2. The minimum Gasteiger partial charge on any atom is -0.356 e. The summed E-state index contributed by atoms with van der Waals surface area (Å²) in [5.41, 5.74) is 0. The molecule has 6 nitrogen and oxygen atoms in total. The minimum absolute atomic E-state index is 0. The average Bonchev–Trinajstić information content (AvgIpc) is 3.40. The summed E-state index contributed by atoms with van der Waals surface area (Å²) >= 11 is 0. The molecule has 0 spiro atoms. The number of amides is 1. The maximum Gasteiger partial charge on any atom is 0.223 e. The first kappa shape index (κ1) is 21.5. The summed E-state index contributed by atoms with van der Waals surface area (Å²) < 4.78 is 0. The van der Waals surface area contributed by atoms with Gasteiger partial charge in [0.2, 0.25) is 5.91 Å². The molecule has 2 aliphatic rings. The van der Waals surface area contributed by atoms with Crippen LogP contribution in [0.1, 0.15) is 44.9 Å². The molecule has 1 saturated carbocycles. The Kier molecular flexibility index (Phi) is 11.4. The Hall–Kier alpha value is -0.570. The van der Waals surface area contributed by atoms with Crippen molar-refractivity contribution >= 4 is 35.8 Å². The summed E-state index contributed by atoms with van der Waals surface area (Å²) in [7, 11) is 1.78. The van der Waals surface area contributed by atoms with E-state index in [1.54, 1.807) is 7.05 Å². The van der Waals surface area contributed by atoms with Gasteiger partial charge in [0, 0.05) is 32.6 Å². The first-order valence-electron chi connectivity index (χ1n) is 9.24. The molecule has 24 heavy (non-hydrogen) atoms. The molecule has 0 bridgehead atoms. The Bertz CT molecular complexity index is 379. The van der Waals surface area contributed by atoms with Gasteiger partial charge in [0.25, 0.3) is 0 Å². The number of carbonyl (C=O) groups is 1. The molecule has 1 amide bonds. The number of likely N-dealkylation sites (tertiary alicyclic amines) is 1. The van der Waals surface area contributed by atoms with E-state index in [1.807, 2.05) is 0 Å². The van der Waals surface area contributed by atoms with Crippen LogP contribution in [0.3, 0.4) is 0 Å². The Morgan fingerprint density at radius 3 is 2.25 bits per heavy atom. The number of hydrogen-bond donors (Lipinski definition) is 3. The summed E-state index contributed by atoms with van der Waals surface area (Å²) in [6, 6.07) is 0. The summed E-state index contributed by atoms with van der Waals surface area (Å²) in [5.74, 6) is 1.31. The van der Waals surface area contributed by atoms with E-state index < -0.39 is 0 Å². The van der Waals surface area contributed by atoms with E-state index in [2.05, 4.69) is 25.8 Å². The highest BCUT2D eigenvalue weighted by atomic mass is 127. The van der Waals surface area contributed by atoms with Crippen LogP contribution in [0.4, 0.5) is 0 Å². The first-order valence-corrected chi connectivity index (χ1v) is 9.24. The summed E-state index contributed by atoms with van der Waals surface area (Å²) in [6.07, 6.45) is 8.73. The molecule has 2 rings (SSSR count). The number of guanidine groups is 1. The topological polar surface area (TPSA) is 68.8 Å². The largest absolute Gasteiger partial charge is 0.356 e. The number of aliphatic imine (C=N–C) groups is 1. The summed E-state index contributed by atoms with van der Waals surface area (Å²) in [5, 5.41) is 9.54. The van der Waals surface area contributed by atoms with Gasteiger partial charge >= 0.3 is 0 Å². The van der Waals surface area contributed by atoms with E-state index in [-0.39, 0.29) is 35.8 Å². The van der Waals surface area contributed by atoms with Crippen molar-refractivity contribution in [1.29, 1.82) is 0 Å². The van der Waals surface area contributed by atoms with E-state index in [4.69, 9.17) is 0 Å². The normalized spacial score (nSPS) is 19.1. The van der Waals surface area contributed by atoms with E-state index >= 15 is 0 Å². The van der Waals surface area contributed by atoms with Crippen molar-refractivity contribution in [3.05, 3.63) is 0 Å². The van der Waals surface area contributed by atoms with Crippen molar-refractivity contribution in [2.24, 2.45) is 10.9 Å². The highest BCUT2D eigenvalue weighted by Crippen LogP contribution is 2.28. The van der Waals surface area contributed by atoms with Crippen LogP contribution in [0, 0.1) is 5.92 Å². The van der Waals surface area contributed by atoms with Crippen LogP contribution in [0.15, 0.2) is 4.99 Å². The van der Waals surface area contributed by atoms with Gasteiger partial charge in [-0.1, -0.05) is 12.8 Å². The highest BCUT2D eigenvalue weighted by Gasteiger charge is 2.28. The molecule has 3 N–H and O–H groups in total. The van der Waals surface area contributed by atoms with Crippen molar-refractivity contribution in [1.82, 2.24) is 20.9 Å². The molecular weight excluding hydrogens is 417 g/mol. The average molecular weight is 451 g/mol. The molecule has 0 atom stereocenters. The van der Waals surface area contributed by atoms with Crippen molar-refractivity contribution in [2.75, 3.05) is 46.3 Å². The van der Waals surface area contributed by atoms with Crippen LogP contribution in [-0.2, 0) is 4.79 Å². The molecule has 0 aromatic heterocycles. The highest BCUT2D eigenvalue weighted by molar-refractivity contribution is 14.0. The van der Waals surface area contributed by atoms with Gasteiger partial charge in [-0.25, -0.2) is 0 Å². The molecule has 7 heteroatoms. The van der Waals surface area contributed by atoms with Gasteiger partial charge in [0.05, 0.1) is 0 Å². The Labute approximate surface area is 163 Å². The van der Waals surface area contributed by atoms with Gasteiger partial charge in [-0.05, 0) is 51.7 Å². The zero-order valence-electron chi connectivity index (χ0n) is 15.0. The van der Waals surface area contributed by atoms with Gasteiger partial charge in [-0.3, -0.25) is 9.79 Å². The van der Waals surface area contributed by atoms with Gasteiger partial charge < -0.3 is 20.9 Å². The molecule has 0 aromatic carbocycles. The quantitative estimate of drug-likeness (QED) is 0.227. The number of nitrogens with zero attached hydrogens (tertiary/aromatic N) is 2. The van der Waals surface area contributed by atoms with Crippen LogP contribution in [0.2, 0.25) is 0 Å². The number of rotatable bonds is 8. The van der Waals surface area contributed by atoms with Crippen LogP contribution in [0.25, 0.3) is 0 Å². The molecule has 0 radical (unpaired) electrons. The van der Waals surface area contributed by atoms with E-state index in [0.29, 0.717) is 13.1 Å². The fraction of sp³-hybridized carbons (Fsp3) is 0.882. The number of halogens is 1. The second kappa shape index (κ2) is 12.7. The van der Waals surface area contributed by atoms with Crippen LogP contribution in [0.5, 0.6) is 0 Å². The fourth-order valence-electron chi connectivity index (χ4n) is 2.95. The minimum atomic E-state index is 0. The Balaban J connectivity index is 0.00000288. The Morgan fingerprint density at radius 1 is 1.00 bits per heavy atom. The number of nitrogens with one attached hydrogen (secondary N) is 3. The molecule has 0 unspecified atom stereocenters. The molecule has 1 heterocycles. The molecule has 1 saturated heterocycles. The first-order chi connectivity index (χ1) is 11.3. The summed E-state index contributed by atoms with van der Waals surface area (Å²) in [4.78, 5) is 18.3. The monoisotopic (exact) mass is 451 g/mol. The molecule has 140 valence electrons. The lowest BCUT2D eigenvalue weighted by Gasteiger charge is -2.20. The maximum absolute atomic E-state index is 11.5.